The van der Waals surface area contributed by atoms with Crippen molar-refractivity contribution < 1.29 is 14.3 Å². The van der Waals surface area contributed by atoms with Crippen molar-refractivity contribution in [1.82, 2.24) is 14.6 Å². The smallest absolute Gasteiger partial charge is 0.310 e. The summed E-state index contributed by atoms with van der Waals surface area (Å²) in [6, 6.07) is 18.3. The number of ether oxygens (including phenoxy) is 1. The molecule has 0 atom stereocenters. The van der Waals surface area contributed by atoms with Crippen LogP contribution in [0.3, 0.4) is 0 Å². The first-order valence-electron chi connectivity index (χ1n) is 10.3. The van der Waals surface area contributed by atoms with Crippen molar-refractivity contribution in [2.75, 3.05) is 11.9 Å². The molecule has 0 saturated heterocycles. The van der Waals surface area contributed by atoms with Gasteiger partial charge in [0.1, 0.15) is 0 Å². The van der Waals surface area contributed by atoms with Crippen LogP contribution in [0.1, 0.15) is 28.5 Å². The zero-order valence-electron chi connectivity index (χ0n) is 17.6. The molecule has 32 heavy (non-hydrogen) atoms. The van der Waals surface area contributed by atoms with Gasteiger partial charge in [0.2, 0.25) is 0 Å². The van der Waals surface area contributed by atoms with Gasteiger partial charge in [-0.05, 0) is 42.3 Å². The lowest BCUT2D eigenvalue weighted by Crippen LogP contribution is -2.18. The second-order valence-electron chi connectivity index (χ2n) is 7.12. The number of aromatic nitrogens is 3. The molecule has 3 N–H and O–H groups in total. The van der Waals surface area contributed by atoms with Crippen LogP contribution in [0.15, 0.2) is 66.9 Å². The SMILES string of the molecule is CCOC(=O)Cc1ccccc1NC(=O)c1nc(-c2cccc(CN)c2)nn2cccc12. The van der Waals surface area contributed by atoms with E-state index in [0.29, 0.717) is 35.7 Å². The van der Waals surface area contributed by atoms with Crippen LogP contribution in [0, 0.1) is 0 Å². The maximum atomic E-state index is 13.2. The number of nitrogens with one attached hydrogen (secondary N) is 1. The third kappa shape index (κ3) is 4.50. The molecule has 2 aromatic heterocycles. The quantitative estimate of drug-likeness (QED) is 0.436. The Labute approximate surface area is 185 Å². The fraction of sp³-hybridized carbons (Fsp3) is 0.167. The minimum absolute atomic E-state index is 0.0612. The van der Waals surface area contributed by atoms with Crippen molar-refractivity contribution in [3.8, 4) is 11.4 Å². The molecule has 4 rings (SSSR count). The van der Waals surface area contributed by atoms with Gasteiger partial charge >= 0.3 is 5.97 Å². The van der Waals surface area contributed by atoms with Crippen LogP contribution in [0.2, 0.25) is 0 Å². The Morgan fingerprint density at radius 3 is 2.75 bits per heavy atom. The zero-order chi connectivity index (χ0) is 22.5. The van der Waals surface area contributed by atoms with E-state index in [1.54, 1.807) is 48.0 Å². The molecule has 1 amide bonds. The number of nitrogens with two attached hydrogens (primary N) is 1. The molecule has 0 aliphatic carbocycles. The Hall–Kier alpha value is -4.04. The van der Waals surface area contributed by atoms with Gasteiger partial charge in [-0.3, -0.25) is 9.59 Å². The molecule has 0 bridgehead atoms. The molecule has 162 valence electrons. The first-order valence-corrected chi connectivity index (χ1v) is 10.3. The number of hydrogen-bond acceptors (Lipinski definition) is 6. The maximum absolute atomic E-state index is 13.2. The summed E-state index contributed by atoms with van der Waals surface area (Å²) in [6.45, 7) is 2.45. The fourth-order valence-electron chi connectivity index (χ4n) is 3.41. The van der Waals surface area contributed by atoms with Crippen LogP contribution in [0.4, 0.5) is 5.69 Å². The highest BCUT2D eigenvalue weighted by Crippen LogP contribution is 2.21. The van der Waals surface area contributed by atoms with Gasteiger partial charge in [0.15, 0.2) is 11.5 Å². The van der Waals surface area contributed by atoms with E-state index in [1.807, 2.05) is 30.3 Å². The molecule has 4 aromatic rings. The van der Waals surface area contributed by atoms with Crippen molar-refractivity contribution in [2.24, 2.45) is 5.73 Å². The van der Waals surface area contributed by atoms with Crippen LogP contribution in [-0.2, 0) is 22.5 Å². The Bertz CT molecular complexity index is 1280. The predicted molar refractivity (Wildman–Crippen MR) is 121 cm³/mol. The molecule has 2 aromatic carbocycles. The van der Waals surface area contributed by atoms with E-state index in [4.69, 9.17) is 10.5 Å². The molecule has 0 saturated carbocycles. The van der Waals surface area contributed by atoms with Gasteiger partial charge in [0.25, 0.3) is 5.91 Å². The highest BCUT2D eigenvalue weighted by atomic mass is 16.5. The predicted octanol–water partition coefficient (Wildman–Crippen LogP) is 3.21. The summed E-state index contributed by atoms with van der Waals surface area (Å²) < 4.78 is 6.66. The zero-order valence-corrected chi connectivity index (χ0v) is 17.6. The third-order valence-corrected chi connectivity index (χ3v) is 4.93. The number of fused-ring (bicyclic) bond motifs is 1. The highest BCUT2D eigenvalue weighted by molar-refractivity contribution is 6.08. The normalized spacial score (nSPS) is 10.8. The van der Waals surface area contributed by atoms with Crippen LogP contribution in [-0.4, -0.2) is 33.1 Å². The number of amides is 1. The third-order valence-electron chi connectivity index (χ3n) is 4.93. The van der Waals surface area contributed by atoms with Crippen LogP contribution in [0.5, 0.6) is 0 Å². The monoisotopic (exact) mass is 429 g/mol. The lowest BCUT2D eigenvalue weighted by molar-refractivity contribution is -0.142. The molecule has 0 aliphatic rings. The van der Waals surface area contributed by atoms with E-state index in [-0.39, 0.29) is 18.1 Å². The highest BCUT2D eigenvalue weighted by Gasteiger charge is 2.18. The Morgan fingerprint density at radius 1 is 1.09 bits per heavy atom. The Kier molecular flexibility index (Phi) is 6.23. The molecule has 8 heteroatoms. The Morgan fingerprint density at radius 2 is 1.94 bits per heavy atom. The van der Waals surface area contributed by atoms with Gasteiger partial charge in [-0.2, -0.15) is 0 Å². The van der Waals surface area contributed by atoms with Crippen LogP contribution < -0.4 is 11.1 Å². The summed E-state index contributed by atoms with van der Waals surface area (Å²) >= 11 is 0. The van der Waals surface area contributed by atoms with E-state index in [0.717, 1.165) is 11.1 Å². The average Bonchev–Trinajstić information content (AvgIpc) is 3.28. The van der Waals surface area contributed by atoms with Crippen molar-refractivity contribution in [3.05, 3.63) is 83.7 Å². The molecular formula is C24H23N5O3. The summed E-state index contributed by atoms with van der Waals surface area (Å²) in [6.07, 6.45) is 1.82. The summed E-state index contributed by atoms with van der Waals surface area (Å²) in [4.78, 5) is 29.8. The van der Waals surface area contributed by atoms with E-state index < -0.39 is 5.91 Å². The van der Waals surface area contributed by atoms with Gasteiger partial charge in [-0.25, -0.2) is 9.50 Å². The fourth-order valence-corrected chi connectivity index (χ4v) is 3.41. The number of carbonyl (C=O) groups excluding carboxylic acids is 2. The van der Waals surface area contributed by atoms with Gasteiger partial charge in [0, 0.05) is 24.0 Å². The van der Waals surface area contributed by atoms with Crippen molar-refractivity contribution in [2.45, 2.75) is 19.9 Å². The number of nitrogens with zero attached hydrogens (tertiary/aromatic N) is 3. The van der Waals surface area contributed by atoms with Gasteiger partial charge < -0.3 is 15.8 Å². The molecule has 0 fully saturated rings. The van der Waals surface area contributed by atoms with Crippen LogP contribution >= 0.6 is 0 Å². The average molecular weight is 429 g/mol. The Balaban J connectivity index is 1.69. The molecule has 0 aliphatic heterocycles. The van der Waals surface area contributed by atoms with E-state index in [2.05, 4.69) is 15.4 Å². The van der Waals surface area contributed by atoms with Crippen molar-refractivity contribution >= 4 is 23.1 Å². The molecule has 2 heterocycles. The van der Waals surface area contributed by atoms with E-state index >= 15 is 0 Å². The minimum atomic E-state index is -0.399. The standard InChI is InChI=1S/C24H23N5O3/c1-2-32-21(30)14-17-8-3-4-10-19(17)26-24(31)22-20-11-6-12-29(20)28-23(27-22)18-9-5-7-16(13-18)15-25/h3-13H,2,14-15,25H2,1H3,(H,26,31). The topological polar surface area (TPSA) is 112 Å². The number of rotatable bonds is 7. The number of carbonyl (C=O) groups is 2. The second kappa shape index (κ2) is 9.40. The number of esters is 1. The number of anilines is 1. The summed E-state index contributed by atoms with van der Waals surface area (Å²) in [7, 11) is 0. The van der Waals surface area contributed by atoms with Crippen LogP contribution in [0.25, 0.3) is 16.9 Å². The molecular weight excluding hydrogens is 406 g/mol. The summed E-state index contributed by atoms with van der Waals surface area (Å²) in [5.74, 6) is -0.343. The van der Waals surface area contributed by atoms with E-state index in [9.17, 15) is 9.59 Å². The second-order valence-corrected chi connectivity index (χ2v) is 7.12. The number of hydrogen-bond donors (Lipinski definition) is 2. The first-order chi connectivity index (χ1) is 15.6. The molecule has 0 unspecified atom stereocenters. The molecule has 0 radical (unpaired) electrons. The summed E-state index contributed by atoms with van der Waals surface area (Å²) in [5.41, 5.74) is 9.46. The van der Waals surface area contributed by atoms with Gasteiger partial charge in [-0.15, -0.1) is 5.10 Å². The van der Waals surface area contributed by atoms with Crippen molar-refractivity contribution in [1.29, 1.82) is 0 Å². The lowest BCUT2D eigenvalue weighted by Gasteiger charge is -2.12. The number of benzene rings is 2. The van der Waals surface area contributed by atoms with E-state index in [1.165, 1.54) is 0 Å². The van der Waals surface area contributed by atoms with Gasteiger partial charge in [-0.1, -0.05) is 36.4 Å². The number of para-hydroxylation sites is 1. The first kappa shape index (κ1) is 21.2. The maximum Gasteiger partial charge on any atom is 0.310 e. The molecule has 8 nitrogen and oxygen atoms in total. The molecule has 0 spiro atoms. The van der Waals surface area contributed by atoms with Crippen molar-refractivity contribution in [3.63, 3.8) is 0 Å². The largest absolute Gasteiger partial charge is 0.466 e. The summed E-state index contributed by atoms with van der Waals surface area (Å²) in [5, 5.41) is 7.42. The minimum Gasteiger partial charge on any atom is -0.466 e. The lowest BCUT2D eigenvalue weighted by atomic mass is 10.1. The van der Waals surface area contributed by atoms with Gasteiger partial charge in [0.05, 0.1) is 18.5 Å².